The Hall–Kier alpha value is -3.58. The van der Waals surface area contributed by atoms with E-state index in [2.05, 4.69) is 10.6 Å². The highest BCUT2D eigenvalue weighted by atomic mass is 32.1. The highest BCUT2D eigenvalue weighted by Gasteiger charge is 2.31. The lowest BCUT2D eigenvalue weighted by Gasteiger charge is -2.28. The van der Waals surface area contributed by atoms with Crippen LogP contribution in [0, 0.1) is 11.3 Å². The molecule has 10 heteroatoms. The van der Waals surface area contributed by atoms with Crippen LogP contribution in [0.4, 0.5) is 5.69 Å². The van der Waals surface area contributed by atoms with Gasteiger partial charge in [0.2, 0.25) is 11.8 Å². The summed E-state index contributed by atoms with van der Waals surface area (Å²) in [6, 6.07) is 9.00. The van der Waals surface area contributed by atoms with Crippen LogP contribution >= 0.6 is 11.3 Å². The number of nitrogens with zero attached hydrogens (tertiary/aromatic N) is 3. The van der Waals surface area contributed by atoms with E-state index in [-0.39, 0.29) is 29.8 Å². The van der Waals surface area contributed by atoms with Gasteiger partial charge in [0, 0.05) is 35.1 Å². The SMILES string of the molecule is COC(=O)/C(C#N)=C(\Nc1csc2ccccc12)NC1CCCCN(CC(=O)N2CCCC2)C1=O. The van der Waals surface area contributed by atoms with Gasteiger partial charge in [-0.1, -0.05) is 18.2 Å². The number of amides is 2. The number of hydrogen-bond acceptors (Lipinski definition) is 8. The second-order valence-corrected chi connectivity index (χ2v) is 9.58. The molecule has 9 nitrogen and oxygen atoms in total. The van der Waals surface area contributed by atoms with Crippen molar-refractivity contribution >= 4 is 44.9 Å². The Bertz CT molecular complexity index is 1180. The van der Waals surface area contributed by atoms with E-state index in [1.54, 1.807) is 9.80 Å². The number of thiophene rings is 1. The lowest BCUT2D eigenvalue weighted by Crippen LogP contribution is -2.49. The molecule has 1 atom stereocenters. The van der Waals surface area contributed by atoms with Crippen LogP contribution in [0.2, 0.25) is 0 Å². The van der Waals surface area contributed by atoms with E-state index >= 15 is 0 Å². The van der Waals surface area contributed by atoms with Crippen molar-refractivity contribution in [2.45, 2.75) is 38.1 Å². The van der Waals surface area contributed by atoms with Crippen molar-refractivity contribution in [3.05, 3.63) is 41.0 Å². The van der Waals surface area contributed by atoms with E-state index in [1.165, 1.54) is 18.4 Å². The smallest absolute Gasteiger partial charge is 0.352 e. The predicted octanol–water partition coefficient (Wildman–Crippen LogP) is 2.81. The summed E-state index contributed by atoms with van der Waals surface area (Å²) in [6.07, 6.45) is 4.05. The van der Waals surface area contributed by atoms with Crippen LogP contribution in [0.25, 0.3) is 10.1 Å². The van der Waals surface area contributed by atoms with Crippen LogP contribution in [0.3, 0.4) is 0 Å². The number of nitrogens with one attached hydrogen (secondary N) is 2. The van der Waals surface area contributed by atoms with Crippen molar-refractivity contribution in [1.29, 1.82) is 5.26 Å². The number of carbonyl (C=O) groups is 3. The second kappa shape index (κ2) is 11.2. The predicted molar refractivity (Wildman–Crippen MR) is 133 cm³/mol. The number of methoxy groups -OCH3 is 1. The Morgan fingerprint density at radius 3 is 2.66 bits per heavy atom. The molecule has 3 heterocycles. The summed E-state index contributed by atoms with van der Waals surface area (Å²) >= 11 is 1.53. The average Bonchev–Trinajstić information content (AvgIpc) is 3.52. The van der Waals surface area contributed by atoms with E-state index in [0.29, 0.717) is 18.7 Å². The van der Waals surface area contributed by atoms with E-state index < -0.39 is 12.0 Å². The Morgan fingerprint density at radius 2 is 1.91 bits per heavy atom. The molecule has 1 aromatic heterocycles. The lowest BCUT2D eigenvalue weighted by molar-refractivity contribution is -0.140. The molecule has 2 aliphatic rings. The van der Waals surface area contributed by atoms with Gasteiger partial charge in [-0.3, -0.25) is 9.59 Å². The number of nitriles is 1. The first kappa shape index (κ1) is 24.5. The molecule has 2 amide bonds. The largest absolute Gasteiger partial charge is 0.465 e. The van der Waals surface area contributed by atoms with Crippen LogP contribution in [-0.2, 0) is 19.1 Å². The van der Waals surface area contributed by atoms with Gasteiger partial charge in [0.1, 0.15) is 17.9 Å². The summed E-state index contributed by atoms with van der Waals surface area (Å²) < 4.78 is 5.86. The van der Waals surface area contributed by atoms with E-state index in [0.717, 1.165) is 48.9 Å². The maximum absolute atomic E-state index is 13.4. The van der Waals surface area contributed by atoms with Crippen LogP contribution < -0.4 is 10.6 Å². The number of rotatable bonds is 7. The molecule has 0 radical (unpaired) electrons. The second-order valence-electron chi connectivity index (χ2n) is 8.66. The van der Waals surface area contributed by atoms with Gasteiger partial charge in [-0.15, -0.1) is 11.3 Å². The van der Waals surface area contributed by atoms with Gasteiger partial charge in [0.05, 0.1) is 19.3 Å². The number of fused-ring (bicyclic) bond motifs is 1. The summed E-state index contributed by atoms with van der Waals surface area (Å²) in [7, 11) is 1.21. The summed E-state index contributed by atoms with van der Waals surface area (Å²) in [4.78, 5) is 41.9. The maximum atomic E-state index is 13.4. The summed E-state index contributed by atoms with van der Waals surface area (Å²) in [6.45, 7) is 2.01. The highest BCUT2D eigenvalue weighted by molar-refractivity contribution is 7.17. The molecule has 4 rings (SSSR count). The molecule has 2 fully saturated rings. The number of carbonyl (C=O) groups excluding carboxylic acids is 3. The molecule has 0 aliphatic carbocycles. The first-order valence-corrected chi connectivity index (χ1v) is 12.7. The summed E-state index contributed by atoms with van der Waals surface area (Å²) in [5.41, 5.74) is 0.464. The van der Waals surface area contributed by atoms with Crippen LogP contribution in [0.5, 0.6) is 0 Å². The fourth-order valence-corrected chi connectivity index (χ4v) is 5.38. The zero-order chi connectivity index (χ0) is 24.8. The molecule has 1 aromatic carbocycles. The molecule has 1 unspecified atom stereocenters. The zero-order valence-corrected chi connectivity index (χ0v) is 20.5. The minimum absolute atomic E-state index is 0.0394. The van der Waals surface area contributed by atoms with Crippen molar-refractivity contribution < 1.29 is 19.1 Å². The van der Waals surface area contributed by atoms with Crippen molar-refractivity contribution in [3.8, 4) is 6.07 Å². The lowest BCUT2D eigenvalue weighted by atomic mass is 10.1. The first-order chi connectivity index (χ1) is 17.0. The van der Waals surface area contributed by atoms with Crippen LogP contribution in [0.1, 0.15) is 32.1 Å². The fraction of sp³-hybridized carbons (Fsp3) is 0.440. The van der Waals surface area contributed by atoms with Gasteiger partial charge >= 0.3 is 5.97 Å². The third-order valence-electron chi connectivity index (χ3n) is 6.38. The molecular formula is C25H29N5O4S. The minimum atomic E-state index is -0.802. The number of likely N-dealkylation sites (tertiary alicyclic amines) is 2. The van der Waals surface area contributed by atoms with E-state index in [1.807, 2.05) is 35.7 Å². The summed E-state index contributed by atoms with van der Waals surface area (Å²) in [5, 5.41) is 18.9. The van der Waals surface area contributed by atoms with Crippen molar-refractivity contribution in [3.63, 3.8) is 0 Å². The van der Waals surface area contributed by atoms with Gasteiger partial charge in [0.15, 0.2) is 5.57 Å². The third-order valence-corrected chi connectivity index (χ3v) is 7.34. The van der Waals surface area contributed by atoms with Crippen molar-refractivity contribution in [2.75, 3.05) is 38.6 Å². The number of esters is 1. The quantitative estimate of drug-likeness (QED) is 0.345. The molecule has 35 heavy (non-hydrogen) atoms. The van der Waals surface area contributed by atoms with E-state index in [9.17, 15) is 19.6 Å². The molecule has 2 aliphatic heterocycles. The van der Waals surface area contributed by atoms with Gasteiger partial charge in [-0.25, -0.2) is 4.79 Å². The highest BCUT2D eigenvalue weighted by Crippen LogP contribution is 2.31. The summed E-state index contributed by atoms with van der Waals surface area (Å²) in [5.74, 6) is -0.938. The van der Waals surface area contributed by atoms with Crippen molar-refractivity contribution in [1.82, 2.24) is 15.1 Å². The molecule has 0 bridgehead atoms. The number of anilines is 1. The Labute approximate surface area is 208 Å². The maximum Gasteiger partial charge on any atom is 0.352 e. The number of benzene rings is 1. The Balaban J connectivity index is 1.59. The monoisotopic (exact) mass is 495 g/mol. The normalized spacial score (nSPS) is 19.1. The average molecular weight is 496 g/mol. The number of hydrogen-bond donors (Lipinski definition) is 2. The van der Waals surface area contributed by atoms with Crippen LogP contribution in [0.15, 0.2) is 41.0 Å². The molecule has 0 spiro atoms. The molecule has 0 saturated carbocycles. The third kappa shape index (κ3) is 5.57. The molecule has 2 aromatic rings. The van der Waals surface area contributed by atoms with Crippen LogP contribution in [-0.4, -0.2) is 66.9 Å². The molecule has 184 valence electrons. The first-order valence-electron chi connectivity index (χ1n) is 11.8. The van der Waals surface area contributed by atoms with Gasteiger partial charge in [-0.2, -0.15) is 5.26 Å². The fourth-order valence-electron chi connectivity index (χ4n) is 4.49. The van der Waals surface area contributed by atoms with E-state index in [4.69, 9.17) is 4.74 Å². The van der Waals surface area contributed by atoms with Gasteiger partial charge < -0.3 is 25.2 Å². The molecule has 2 N–H and O–H groups in total. The topological polar surface area (TPSA) is 115 Å². The Morgan fingerprint density at radius 1 is 1.17 bits per heavy atom. The molecule has 2 saturated heterocycles. The van der Waals surface area contributed by atoms with Gasteiger partial charge in [-0.05, 0) is 38.2 Å². The minimum Gasteiger partial charge on any atom is -0.465 e. The van der Waals surface area contributed by atoms with Gasteiger partial charge in [0.25, 0.3) is 0 Å². The standard InChI is InChI=1S/C25H29N5O4S/c1-34-25(33)18(14-26)23(28-20-16-35-21-10-3-2-8-17(20)21)27-19-9-4-5-13-30(24(19)32)15-22(31)29-11-6-7-12-29/h2-3,8,10,16,19,27-28H,4-7,9,11-13,15H2,1H3/b23-18-. The number of ether oxygens (including phenoxy) is 1. The zero-order valence-electron chi connectivity index (χ0n) is 19.7. The van der Waals surface area contributed by atoms with Crippen molar-refractivity contribution in [2.24, 2.45) is 0 Å². The Kier molecular flexibility index (Phi) is 7.87. The molecular weight excluding hydrogens is 466 g/mol.